The van der Waals surface area contributed by atoms with Crippen LogP contribution < -0.4 is 21.1 Å². The molecule has 264 valence electrons. The van der Waals surface area contributed by atoms with Gasteiger partial charge in [0.1, 0.15) is 22.6 Å². The van der Waals surface area contributed by atoms with Crippen molar-refractivity contribution >= 4 is 23.2 Å². The number of aromatic nitrogens is 1. The van der Waals surface area contributed by atoms with Crippen molar-refractivity contribution < 1.29 is 33.3 Å². The van der Waals surface area contributed by atoms with Gasteiger partial charge < -0.3 is 35.7 Å². The largest absolute Gasteiger partial charge is 0.493 e. The molecule has 0 saturated heterocycles. The number of ether oxygens (including phenoxy) is 3. The van der Waals surface area contributed by atoms with E-state index in [0.717, 1.165) is 28.1 Å². The number of carbonyl (C=O) groups excluding carboxylic acids is 2. The molecule has 12 heteroatoms. The summed E-state index contributed by atoms with van der Waals surface area (Å²) in [5.74, 6) is -1.13. The lowest BCUT2D eigenvalue weighted by atomic mass is 9.86. The smallest absolute Gasteiger partial charge is 0.243 e. The van der Waals surface area contributed by atoms with Gasteiger partial charge in [-0.1, -0.05) is 52.3 Å². The van der Waals surface area contributed by atoms with Crippen LogP contribution in [-0.2, 0) is 32.2 Å². The number of nitrogens with zero attached hydrogens (tertiary/aromatic N) is 1. The van der Waals surface area contributed by atoms with Gasteiger partial charge in [0, 0.05) is 44.2 Å². The standard InChI is InChI=1S/C36H51FN4O6S/c1-6-24(4)33(35(44)40-20-25-8-11-27(37)12-9-25)41-34(43)29(23(2)3)19-31(42)30(38)22-46-21-26-10-13-28(36-39-14-17-48-36)32(18-26)47-16-7-15-45-5/h8-14,17-18,23-24,29-31,33,42H,6-7,15-16,19-22,38H2,1-5H3,(H,40,44)(H,41,43). The number of amides is 2. The molecule has 0 spiro atoms. The zero-order valence-electron chi connectivity index (χ0n) is 28.6. The topological polar surface area (TPSA) is 145 Å². The highest BCUT2D eigenvalue weighted by Gasteiger charge is 2.32. The lowest BCUT2D eigenvalue weighted by molar-refractivity contribution is -0.134. The average Bonchev–Trinajstić information content (AvgIpc) is 3.62. The summed E-state index contributed by atoms with van der Waals surface area (Å²) < 4.78 is 30.3. The quantitative estimate of drug-likeness (QED) is 0.114. The highest BCUT2D eigenvalue weighted by atomic mass is 32.1. The van der Waals surface area contributed by atoms with Gasteiger partial charge in [0.15, 0.2) is 0 Å². The molecule has 0 aliphatic heterocycles. The van der Waals surface area contributed by atoms with Crippen molar-refractivity contribution in [3.8, 4) is 16.3 Å². The highest BCUT2D eigenvalue weighted by Crippen LogP contribution is 2.33. The van der Waals surface area contributed by atoms with Crippen LogP contribution in [0.4, 0.5) is 4.39 Å². The number of methoxy groups -OCH3 is 1. The van der Waals surface area contributed by atoms with E-state index in [2.05, 4.69) is 15.6 Å². The van der Waals surface area contributed by atoms with Gasteiger partial charge in [-0.05, 0) is 53.6 Å². The fourth-order valence-electron chi connectivity index (χ4n) is 5.10. The Labute approximate surface area is 287 Å². The van der Waals surface area contributed by atoms with Crippen molar-refractivity contribution in [2.24, 2.45) is 23.5 Å². The number of rotatable bonds is 21. The van der Waals surface area contributed by atoms with Crippen LogP contribution in [0.25, 0.3) is 10.6 Å². The molecule has 1 heterocycles. The van der Waals surface area contributed by atoms with Gasteiger partial charge in [0.05, 0.1) is 37.5 Å². The van der Waals surface area contributed by atoms with Crippen LogP contribution in [0, 0.1) is 23.6 Å². The van der Waals surface area contributed by atoms with Crippen LogP contribution in [-0.4, -0.2) is 67.0 Å². The van der Waals surface area contributed by atoms with Gasteiger partial charge in [-0.3, -0.25) is 9.59 Å². The molecular weight excluding hydrogens is 635 g/mol. The van der Waals surface area contributed by atoms with Crippen LogP contribution in [0.1, 0.15) is 58.1 Å². The zero-order valence-corrected chi connectivity index (χ0v) is 29.4. The number of aliphatic hydroxyl groups is 1. The van der Waals surface area contributed by atoms with Crippen molar-refractivity contribution in [1.29, 1.82) is 0 Å². The van der Waals surface area contributed by atoms with Gasteiger partial charge in [-0.15, -0.1) is 11.3 Å². The number of thiazole rings is 1. The van der Waals surface area contributed by atoms with Gasteiger partial charge >= 0.3 is 0 Å². The third-order valence-corrected chi connectivity index (χ3v) is 9.15. The van der Waals surface area contributed by atoms with Gasteiger partial charge in [0.2, 0.25) is 11.8 Å². The Morgan fingerprint density at radius 1 is 1.06 bits per heavy atom. The van der Waals surface area contributed by atoms with Gasteiger partial charge in [-0.25, -0.2) is 9.37 Å². The molecule has 10 nitrogen and oxygen atoms in total. The fourth-order valence-corrected chi connectivity index (χ4v) is 5.77. The van der Waals surface area contributed by atoms with Crippen molar-refractivity contribution in [3.05, 3.63) is 71.0 Å². The van der Waals surface area contributed by atoms with Crippen LogP contribution in [0.3, 0.4) is 0 Å². The Bertz CT molecular complexity index is 1390. The fraction of sp³-hybridized carbons (Fsp3) is 0.528. The van der Waals surface area contributed by atoms with E-state index >= 15 is 0 Å². The zero-order chi connectivity index (χ0) is 35.1. The third-order valence-electron chi connectivity index (χ3n) is 8.34. The van der Waals surface area contributed by atoms with E-state index in [-0.39, 0.29) is 55.6 Å². The van der Waals surface area contributed by atoms with E-state index in [1.54, 1.807) is 25.4 Å². The maximum atomic E-state index is 13.5. The molecule has 5 atom stereocenters. The van der Waals surface area contributed by atoms with E-state index in [9.17, 15) is 19.1 Å². The molecule has 0 aliphatic rings. The molecule has 2 amide bonds. The third kappa shape index (κ3) is 12.2. The predicted octanol–water partition coefficient (Wildman–Crippen LogP) is 5.08. The normalized spacial score (nSPS) is 14.6. The Morgan fingerprint density at radius 3 is 2.44 bits per heavy atom. The molecule has 2 aromatic carbocycles. The first-order valence-corrected chi connectivity index (χ1v) is 17.4. The van der Waals surface area contributed by atoms with Crippen molar-refractivity contribution in [3.63, 3.8) is 0 Å². The Hall–Kier alpha value is -3.42. The molecule has 5 N–H and O–H groups in total. The number of carbonyl (C=O) groups is 2. The summed E-state index contributed by atoms with van der Waals surface area (Å²) in [6, 6.07) is 10.2. The van der Waals surface area contributed by atoms with Crippen molar-refractivity contribution in [1.82, 2.24) is 15.6 Å². The second kappa shape index (κ2) is 20.2. The Balaban J connectivity index is 1.56. The summed E-state index contributed by atoms with van der Waals surface area (Å²) in [6.45, 7) is 9.29. The molecule has 1 aromatic heterocycles. The summed E-state index contributed by atoms with van der Waals surface area (Å²) in [7, 11) is 1.66. The SMILES string of the molecule is CCC(C)C(NC(=O)C(CC(O)C(N)COCc1ccc(-c2nccs2)c(OCCCOC)c1)C(C)C)C(=O)NCc1ccc(F)cc1. The van der Waals surface area contributed by atoms with Crippen LogP contribution in [0.2, 0.25) is 0 Å². The number of hydrogen-bond donors (Lipinski definition) is 4. The van der Waals surface area contributed by atoms with Crippen LogP contribution in [0.15, 0.2) is 54.0 Å². The molecule has 0 fully saturated rings. The minimum absolute atomic E-state index is 0.0765. The van der Waals surface area contributed by atoms with E-state index in [0.29, 0.717) is 25.4 Å². The van der Waals surface area contributed by atoms with Crippen LogP contribution in [0.5, 0.6) is 5.75 Å². The van der Waals surface area contributed by atoms with Gasteiger partial charge in [0.25, 0.3) is 0 Å². The Kier molecular flexibility index (Phi) is 16.4. The average molecular weight is 687 g/mol. The minimum atomic E-state index is -1.01. The molecule has 0 aliphatic carbocycles. The first-order valence-electron chi connectivity index (χ1n) is 16.5. The number of benzene rings is 2. The summed E-state index contributed by atoms with van der Waals surface area (Å²) in [4.78, 5) is 31.1. The predicted molar refractivity (Wildman–Crippen MR) is 186 cm³/mol. The lowest BCUT2D eigenvalue weighted by Crippen LogP contribution is -2.52. The maximum absolute atomic E-state index is 13.5. The second-order valence-electron chi connectivity index (χ2n) is 12.4. The highest BCUT2D eigenvalue weighted by molar-refractivity contribution is 7.13. The second-order valence-corrected chi connectivity index (χ2v) is 13.3. The monoisotopic (exact) mass is 686 g/mol. The molecular formula is C36H51FN4O6S. The van der Waals surface area contributed by atoms with Crippen molar-refractivity contribution in [2.45, 2.75) is 78.3 Å². The number of nitrogens with two attached hydrogens (primary N) is 1. The minimum Gasteiger partial charge on any atom is -0.493 e. The first-order chi connectivity index (χ1) is 23.0. The van der Waals surface area contributed by atoms with E-state index < -0.39 is 24.1 Å². The molecule has 5 unspecified atom stereocenters. The number of aliphatic hydroxyl groups excluding tert-OH is 1. The molecule has 3 rings (SSSR count). The lowest BCUT2D eigenvalue weighted by Gasteiger charge is -2.29. The van der Waals surface area contributed by atoms with E-state index in [4.69, 9.17) is 19.9 Å². The van der Waals surface area contributed by atoms with Crippen molar-refractivity contribution in [2.75, 3.05) is 26.9 Å². The first kappa shape index (κ1) is 39.0. The molecule has 48 heavy (non-hydrogen) atoms. The molecule has 0 radical (unpaired) electrons. The summed E-state index contributed by atoms with van der Waals surface area (Å²) in [5.41, 5.74) is 8.86. The summed E-state index contributed by atoms with van der Waals surface area (Å²) >= 11 is 1.53. The summed E-state index contributed by atoms with van der Waals surface area (Å²) in [5, 5.41) is 19.6. The van der Waals surface area contributed by atoms with E-state index in [1.165, 1.54) is 23.5 Å². The van der Waals surface area contributed by atoms with E-state index in [1.807, 2.05) is 51.3 Å². The number of hydrogen-bond acceptors (Lipinski definition) is 9. The Morgan fingerprint density at radius 2 is 1.79 bits per heavy atom. The molecule has 0 bridgehead atoms. The number of nitrogens with one attached hydrogen (secondary N) is 2. The number of halogens is 1. The van der Waals surface area contributed by atoms with Crippen LogP contribution >= 0.6 is 11.3 Å². The van der Waals surface area contributed by atoms with Gasteiger partial charge in [-0.2, -0.15) is 0 Å². The maximum Gasteiger partial charge on any atom is 0.243 e. The molecule has 3 aromatic rings. The molecule has 0 saturated carbocycles. The summed E-state index contributed by atoms with van der Waals surface area (Å²) in [6.07, 6.45) is 2.27.